The summed E-state index contributed by atoms with van der Waals surface area (Å²) in [6.07, 6.45) is 3.27. The van der Waals surface area contributed by atoms with E-state index in [1.165, 1.54) is 0 Å². The standard InChI is InChI=1S/C13H23N3O2/c1-3-16(4-2)8-7-12-14-13(18-15-12)9-11(17)10-5-6-10/h10-11,17H,3-9H2,1-2H3. The molecule has 1 unspecified atom stereocenters. The Balaban J connectivity index is 1.78. The van der Waals surface area contributed by atoms with Crippen LogP contribution in [0.3, 0.4) is 0 Å². The van der Waals surface area contributed by atoms with Gasteiger partial charge in [0.05, 0.1) is 12.5 Å². The van der Waals surface area contributed by atoms with Gasteiger partial charge in [-0.15, -0.1) is 0 Å². The zero-order valence-electron chi connectivity index (χ0n) is 11.3. The van der Waals surface area contributed by atoms with Crippen molar-refractivity contribution in [1.82, 2.24) is 15.0 Å². The van der Waals surface area contributed by atoms with Gasteiger partial charge in [0.2, 0.25) is 5.89 Å². The fraction of sp³-hybridized carbons (Fsp3) is 0.846. The summed E-state index contributed by atoms with van der Waals surface area (Å²) < 4.78 is 5.17. The van der Waals surface area contributed by atoms with E-state index in [0.717, 1.165) is 44.7 Å². The summed E-state index contributed by atoms with van der Waals surface area (Å²) in [5.74, 6) is 1.78. The minimum atomic E-state index is -0.305. The molecule has 0 saturated heterocycles. The van der Waals surface area contributed by atoms with Crippen LogP contribution in [0.4, 0.5) is 0 Å². The van der Waals surface area contributed by atoms with E-state index in [2.05, 4.69) is 28.9 Å². The number of hydrogen-bond acceptors (Lipinski definition) is 5. The predicted octanol–water partition coefficient (Wildman–Crippen LogP) is 1.27. The van der Waals surface area contributed by atoms with Gasteiger partial charge < -0.3 is 14.5 Å². The number of likely N-dealkylation sites (N-methyl/N-ethyl adjacent to an activating group) is 1. The summed E-state index contributed by atoms with van der Waals surface area (Å²) in [6.45, 7) is 7.34. The fourth-order valence-corrected chi connectivity index (χ4v) is 2.10. The largest absolute Gasteiger partial charge is 0.392 e. The second-order valence-electron chi connectivity index (χ2n) is 4.99. The van der Waals surface area contributed by atoms with E-state index < -0.39 is 0 Å². The first-order valence-corrected chi connectivity index (χ1v) is 6.94. The van der Waals surface area contributed by atoms with E-state index in [4.69, 9.17) is 4.52 Å². The topological polar surface area (TPSA) is 62.4 Å². The van der Waals surface area contributed by atoms with E-state index in [-0.39, 0.29) is 6.10 Å². The zero-order chi connectivity index (χ0) is 13.0. The highest BCUT2D eigenvalue weighted by atomic mass is 16.5. The second-order valence-corrected chi connectivity index (χ2v) is 4.99. The Hall–Kier alpha value is -0.940. The summed E-state index contributed by atoms with van der Waals surface area (Å²) >= 11 is 0. The highest BCUT2D eigenvalue weighted by molar-refractivity contribution is 4.92. The Labute approximate surface area is 108 Å². The molecule has 0 aromatic carbocycles. The molecule has 1 aliphatic rings. The van der Waals surface area contributed by atoms with Gasteiger partial charge in [0.25, 0.3) is 0 Å². The molecule has 0 aliphatic heterocycles. The fourth-order valence-electron chi connectivity index (χ4n) is 2.10. The van der Waals surface area contributed by atoms with Crippen molar-refractivity contribution in [3.05, 3.63) is 11.7 Å². The van der Waals surface area contributed by atoms with Gasteiger partial charge in [0, 0.05) is 13.0 Å². The lowest BCUT2D eigenvalue weighted by Gasteiger charge is -2.16. The molecule has 1 saturated carbocycles. The van der Waals surface area contributed by atoms with Gasteiger partial charge in [-0.05, 0) is 31.8 Å². The van der Waals surface area contributed by atoms with E-state index in [1.807, 2.05) is 0 Å². The Morgan fingerprint density at radius 3 is 2.72 bits per heavy atom. The van der Waals surface area contributed by atoms with Crippen LogP contribution in [0.5, 0.6) is 0 Å². The molecule has 18 heavy (non-hydrogen) atoms. The maximum atomic E-state index is 9.81. The van der Waals surface area contributed by atoms with Crippen molar-refractivity contribution in [2.75, 3.05) is 19.6 Å². The highest BCUT2D eigenvalue weighted by Gasteiger charge is 2.30. The van der Waals surface area contributed by atoms with Crippen molar-refractivity contribution in [3.8, 4) is 0 Å². The van der Waals surface area contributed by atoms with Crippen LogP contribution in [0.25, 0.3) is 0 Å². The minimum absolute atomic E-state index is 0.305. The number of hydrogen-bond donors (Lipinski definition) is 1. The molecule has 5 heteroatoms. The lowest BCUT2D eigenvalue weighted by atomic mass is 10.2. The van der Waals surface area contributed by atoms with Crippen molar-refractivity contribution >= 4 is 0 Å². The molecule has 1 atom stereocenters. The summed E-state index contributed by atoms with van der Waals surface area (Å²) in [5, 5.41) is 13.8. The number of aliphatic hydroxyl groups excluding tert-OH is 1. The summed E-state index contributed by atoms with van der Waals surface area (Å²) in [7, 11) is 0. The Bertz CT molecular complexity index is 359. The molecule has 102 valence electrons. The van der Waals surface area contributed by atoms with Crippen molar-refractivity contribution in [3.63, 3.8) is 0 Å². The zero-order valence-corrected chi connectivity index (χ0v) is 11.3. The van der Waals surface area contributed by atoms with Crippen LogP contribution >= 0.6 is 0 Å². The first-order chi connectivity index (χ1) is 8.72. The quantitative estimate of drug-likeness (QED) is 0.756. The van der Waals surface area contributed by atoms with Crippen LogP contribution in [0.15, 0.2) is 4.52 Å². The predicted molar refractivity (Wildman–Crippen MR) is 68.2 cm³/mol. The Morgan fingerprint density at radius 1 is 1.39 bits per heavy atom. The first kappa shape index (κ1) is 13.5. The van der Waals surface area contributed by atoms with Gasteiger partial charge in [0.1, 0.15) is 0 Å². The minimum Gasteiger partial charge on any atom is -0.392 e. The first-order valence-electron chi connectivity index (χ1n) is 6.94. The van der Waals surface area contributed by atoms with Crippen LogP contribution in [0.1, 0.15) is 38.4 Å². The Morgan fingerprint density at radius 2 is 2.11 bits per heavy atom. The van der Waals surface area contributed by atoms with Gasteiger partial charge in [0.15, 0.2) is 5.82 Å². The molecule has 1 aromatic rings. The van der Waals surface area contributed by atoms with Gasteiger partial charge >= 0.3 is 0 Å². The molecular formula is C13H23N3O2. The molecule has 0 radical (unpaired) electrons. The van der Waals surface area contributed by atoms with Crippen LogP contribution in [0, 0.1) is 5.92 Å². The van der Waals surface area contributed by atoms with Crippen LogP contribution in [0.2, 0.25) is 0 Å². The molecule has 1 N–H and O–H groups in total. The van der Waals surface area contributed by atoms with Crippen molar-refractivity contribution in [1.29, 1.82) is 0 Å². The Kier molecular flexibility index (Phi) is 4.72. The summed E-state index contributed by atoms with van der Waals surface area (Å²) in [5.41, 5.74) is 0. The van der Waals surface area contributed by atoms with Crippen molar-refractivity contribution in [2.24, 2.45) is 5.92 Å². The third-order valence-electron chi connectivity index (χ3n) is 3.61. The van der Waals surface area contributed by atoms with E-state index in [9.17, 15) is 5.11 Å². The molecule has 1 fully saturated rings. The molecule has 0 bridgehead atoms. The second kappa shape index (κ2) is 6.29. The highest BCUT2D eigenvalue weighted by Crippen LogP contribution is 2.33. The van der Waals surface area contributed by atoms with Gasteiger partial charge in [-0.25, -0.2) is 0 Å². The maximum absolute atomic E-state index is 9.81. The summed E-state index contributed by atoms with van der Waals surface area (Å²) in [4.78, 5) is 6.66. The third-order valence-corrected chi connectivity index (χ3v) is 3.61. The third kappa shape index (κ3) is 3.78. The lowest BCUT2D eigenvalue weighted by Crippen LogP contribution is -2.25. The van der Waals surface area contributed by atoms with E-state index in [1.54, 1.807) is 0 Å². The normalized spacial score (nSPS) is 17.3. The van der Waals surface area contributed by atoms with Crippen LogP contribution < -0.4 is 0 Å². The van der Waals surface area contributed by atoms with Crippen molar-refractivity contribution in [2.45, 2.75) is 45.6 Å². The van der Waals surface area contributed by atoms with Crippen LogP contribution in [-0.2, 0) is 12.8 Å². The number of aliphatic hydroxyl groups is 1. The molecule has 0 spiro atoms. The number of nitrogens with zero attached hydrogens (tertiary/aromatic N) is 3. The molecular weight excluding hydrogens is 230 g/mol. The molecule has 5 nitrogen and oxygen atoms in total. The van der Waals surface area contributed by atoms with E-state index in [0.29, 0.717) is 18.2 Å². The SMILES string of the molecule is CCN(CC)CCc1noc(CC(O)C2CC2)n1. The lowest BCUT2D eigenvalue weighted by molar-refractivity contribution is 0.140. The smallest absolute Gasteiger partial charge is 0.229 e. The molecule has 0 amide bonds. The number of aromatic nitrogens is 2. The number of rotatable bonds is 8. The average molecular weight is 253 g/mol. The van der Waals surface area contributed by atoms with Gasteiger partial charge in [-0.1, -0.05) is 19.0 Å². The van der Waals surface area contributed by atoms with Crippen molar-refractivity contribution < 1.29 is 9.63 Å². The van der Waals surface area contributed by atoms with Crippen LogP contribution in [-0.4, -0.2) is 45.9 Å². The molecule has 2 rings (SSSR count). The maximum Gasteiger partial charge on any atom is 0.229 e. The average Bonchev–Trinajstić information content (AvgIpc) is 3.13. The monoisotopic (exact) mass is 253 g/mol. The molecule has 1 heterocycles. The van der Waals surface area contributed by atoms with Gasteiger partial charge in [-0.3, -0.25) is 0 Å². The summed E-state index contributed by atoms with van der Waals surface area (Å²) in [6, 6.07) is 0. The van der Waals surface area contributed by atoms with E-state index >= 15 is 0 Å². The molecule has 1 aliphatic carbocycles. The molecule has 1 aromatic heterocycles. The van der Waals surface area contributed by atoms with Gasteiger partial charge in [-0.2, -0.15) is 4.98 Å².